The van der Waals surface area contributed by atoms with Crippen molar-refractivity contribution in [2.75, 3.05) is 0 Å². The molecule has 0 saturated carbocycles. The molecule has 1 aliphatic heterocycles. The van der Waals surface area contributed by atoms with Gasteiger partial charge in [-0.1, -0.05) is 0 Å². The van der Waals surface area contributed by atoms with Crippen LogP contribution in [-0.2, 0) is 4.29 Å². The molecule has 0 fully saturated rings. The van der Waals surface area contributed by atoms with Crippen LogP contribution in [0.15, 0.2) is 48.5 Å². The van der Waals surface area contributed by atoms with Crippen molar-refractivity contribution in [2.45, 2.75) is 6.10 Å². The second-order valence-electron chi connectivity index (χ2n) is 4.02. The van der Waals surface area contributed by atoms with Gasteiger partial charge in [0.15, 0.2) is 0 Å². The van der Waals surface area contributed by atoms with E-state index in [0.29, 0.717) is 0 Å². The van der Waals surface area contributed by atoms with Crippen molar-refractivity contribution < 1.29 is 28.5 Å². The average molecular weight is 392 g/mol. The first-order valence-corrected chi connectivity index (χ1v) is 9.06. The van der Waals surface area contributed by atoms with Gasteiger partial charge < -0.3 is 0 Å². The Hall–Kier alpha value is -0.640. The first-order chi connectivity index (χ1) is 9.04. The van der Waals surface area contributed by atoms with E-state index in [2.05, 4.69) is 0 Å². The van der Waals surface area contributed by atoms with Crippen molar-refractivity contribution in [3.63, 3.8) is 0 Å². The Balaban J connectivity index is 2.11. The molecule has 2 aromatic rings. The van der Waals surface area contributed by atoms with E-state index in [9.17, 15) is 14.0 Å². The van der Waals surface area contributed by atoms with E-state index >= 15 is 0 Å². The predicted octanol–water partition coefficient (Wildman–Crippen LogP) is -2.34. The molecule has 0 unspecified atom stereocenters. The van der Waals surface area contributed by atoms with Crippen LogP contribution in [0.1, 0.15) is 17.2 Å². The van der Waals surface area contributed by atoms with Crippen LogP contribution in [0.25, 0.3) is 0 Å². The molecule has 0 spiro atoms. The van der Waals surface area contributed by atoms with E-state index in [1.165, 1.54) is 0 Å². The minimum absolute atomic E-state index is 0.572. The second-order valence-corrected chi connectivity index (χ2v) is 8.05. The molecule has 0 aliphatic carbocycles. The molecule has 0 N–H and O–H groups in total. The zero-order valence-corrected chi connectivity index (χ0v) is 12.7. The van der Waals surface area contributed by atoms with E-state index in [-0.39, 0.29) is 0 Å². The third kappa shape index (κ3) is 2.78. The van der Waals surface area contributed by atoms with Gasteiger partial charge in [-0.2, -0.15) is 0 Å². The minimum atomic E-state index is -4.46. The van der Waals surface area contributed by atoms with Gasteiger partial charge in [0.2, 0.25) is 0 Å². The summed E-state index contributed by atoms with van der Waals surface area (Å²) in [5, 5.41) is 0. The number of halogens is 1. The normalized spacial score (nSPS) is 14.9. The van der Waals surface area contributed by atoms with Crippen LogP contribution in [0.3, 0.4) is 0 Å². The Morgan fingerprint density at radius 1 is 0.842 bits per heavy atom. The molecule has 0 radical (unpaired) electrons. The molecule has 0 bridgehead atoms. The zero-order chi connectivity index (χ0) is 13.5. The van der Waals surface area contributed by atoms with Crippen molar-refractivity contribution in [3.8, 4) is 0 Å². The summed E-state index contributed by atoms with van der Waals surface area (Å²) in [5.74, 6) is 0. The molecule has 2 aromatic carbocycles. The maximum absolute atomic E-state index is 10.9. The van der Waals surface area contributed by atoms with Crippen molar-refractivity contribution in [1.82, 2.24) is 0 Å². The molecule has 3 rings (SSSR count). The first-order valence-electron chi connectivity index (χ1n) is 5.49. The van der Waals surface area contributed by atoms with Gasteiger partial charge in [-0.05, 0) is 0 Å². The summed E-state index contributed by atoms with van der Waals surface area (Å²) in [6, 6.07) is 15.1. The Labute approximate surface area is 122 Å². The molecule has 98 valence electrons. The molecule has 0 amide bonds. The molecule has 4 nitrogen and oxygen atoms in total. The Morgan fingerprint density at radius 3 is 1.79 bits per heavy atom. The summed E-state index contributed by atoms with van der Waals surface area (Å²) in [4.78, 5) is 0. The zero-order valence-electron chi connectivity index (χ0n) is 9.62. The first kappa shape index (κ1) is 13.3. The molecule has 1 aliphatic rings. The monoisotopic (exact) mass is 394 g/mol. The number of benzene rings is 2. The van der Waals surface area contributed by atoms with Gasteiger partial charge in [0.25, 0.3) is 0 Å². The molecule has 0 saturated heterocycles. The molecule has 1 heterocycles. The molecule has 0 atom stereocenters. The summed E-state index contributed by atoms with van der Waals surface area (Å²) in [5.41, 5.74) is 1.58. The van der Waals surface area contributed by atoms with Crippen LogP contribution in [0.5, 0.6) is 0 Å². The quantitative estimate of drug-likeness (QED) is 0.537. The third-order valence-corrected chi connectivity index (χ3v) is 6.59. The molecular formula is C13H9ClO4Te. The summed E-state index contributed by atoms with van der Waals surface area (Å²) in [7, 11) is -4.46. The molecule has 6 heteroatoms. The Kier molecular flexibility index (Phi) is 3.54. The van der Waals surface area contributed by atoms with Gasteiger partial charge in [0, 0.05) is 0 Å². The van der Waals surface area contributed by atoms with E-state index in [0.717, 1.165) is 18.3 Å². The van der Waals surface area contributed by atoms with E-state index < -0.39 is 37.3 Å². The number of fused-ring (bicyclic) bond motifs is 2. The van der Waals surface area contributed by atoms with Crippen LogP contribution >= 0.6 is 0 Å². The van der Waals surface area contributed by atoms with E-state index in [4.69, 9.17) is 4.29 Å². The van der Waals surface area contributed by atoms with E-state index in [1.54, 1.807) is 0 Å². The fourth-order valence-electron chi connectivity index (χ4n) is 2.07. The van der Waals surface area contributed by atoms with Gasteiger partial charge in [-0.3, -0.25) is 0 Å². The summed E-state index contributed by atoms with van der Waals surface area (Å²) in [6.07, 6.45) is -0.824. The summed E-state index contributed by atoms with van der Waals surface area (Å²) >= 11 is -0.572. The van der Waals surface area contributed by atoms with Crippen LogP contribution in [0.4, 0.5) is 0 Å². The fourth-order valence-corrected chi connectivity index (χ4v) is 5.67. The van der Waals surface area contributed by atoms with Crippen LogP contribution in [0, 0.1) is 10.2 Å². The van der Waals surface area contributed by atoms with Crippen LogP contribution < -0.4 is 21.2 Å². The van der Waals surface area contributed by atoms with Crippen molar-refractivity contribution in [1.29, 1.82) is 0 Å². The number of hydrogen-bond donors (Lipinski definition) is 0. The van der Waals surface area contributed by atoms with Crippen molar-refractivity contribution >= 4 is 28.1 Å². The van der Waals surface area contributed by atoms with E-state index in [1.807, 2.05) is 48.5 Å². The topological polar surface area (TPSA) is 78.4 Å². The second kappa shape index (κ2) is 5.04. The van der Waals surface area contributed by atoms with Crippen molar-refractivity contribution in [2.24, 2.45) is 0 Å². The standard InChI is InChI=1S/C13H9ClO4Te/c15-14(16,17)18-13-9-5-1-3-7-11(9)19-12-8-4-2-6-10(12)13/h1-8,13H. The molecular weight excluding hydrogens is 383 g/mol. The maximum atomic E-state index is 10.9. The van der Waals surface area contributed by atoms with Gasteiger partial charge in [0.1, 0.15) is 0 Å². The molecule has 19 heavy (non-hydrogen) atoms. The van der Waals surface area contributed by atoms with Crippen LogP contribution in [-0.4, -0.2) is 20.9 Å². The van der Waals surface area contributed by atoms with Crippen molar-refractivity contribution in [3.05, 3.63) is 59.7 Å². The SMILES string of the molecule is [O-][Cl+3]([O-])([O-])OC1c2ccccc2[Te]c2ccccc21. The van der Waals surface area contributed by atoms with Crippen LogP contribution in [0.2, 0.25) is 0 Å². The summed E-state index contributed by atoms with van der Waals surface area (Å²) < 4.78 is 39.7. The third-order valence-electron chi connectivity index (χ3n) is 2.82. The van der Waals surface area contributed by atoms with Gasteiger partial charge in [-0.15, -0.1) is 0 Å². The Morgan fingerprint density at radius 2 is 1.32 bits per heavy atom. The fraction of sp³-hybridized carbons (Fsp3) is 0.0769. The number of hydrogen-bond acceptors (Lipinski definition) is 4. The average Bonchev–Trinajstić information content (AvgIpc) is 2.37. The Bertz CT molecular complexity index is 566. The van der Waals surface area contributed by atoms with Gasteiger partial charge in [-0.25, -0.2) is 0 Å². The van der Waals surface area contributed by atoms with Gasteiger partial charge in [0.05, 0.1) is 0 Å². The summed E-state index contributed by atoms with van der Waals surface area (Å²) in [6.45, 7) is 0. The van der Waals surface area contributed by atoms with Gasteiger partial charge >= 0.3 is 122 Å². The molecule has 0 aromatic heterocycles. The predicted molar refractivity (Wildman–Crippen MR) is 60.8 cm³/mol. The number of rotatable bonds is 2.